The second kappa shape index (κ2) is 8.77. The number of nitrogens with zero attached hydrogens (tertiary/aromatic N) is 2. The van der Waals surface area contributed by atoms with Crippen molar-refractivity contribution in [3.8, 4) is 17.6 Å². The van der Waals surface area contributed by atoms with Gasteiger partial charge in [0.2, 0.25) is 10.0 Å². The van der Waals surface area contributed by atoms with Gasteiger partial charge in [0, 0.05) is 30.0 Å². The van der Waals surface area contributed by atoms with Gasteiger partial charge in [-0.2, -0.15) is 5.26 Å². The largest absolute Gasteiger partial charge is 0.453 e. The van der Waals surface area contributed by atoms with Gasteiger partial charge in [0.1, 0.15) is 17.6 Å². The molecule has 10 heteroatoms. The first-order valence-corrected chi connectivity index (χ1v) is 12.7. The van der Waals surface area contributed by atoms with Crippen molar-refractivity contribution in [2.45, 2.75) is 10.6 Å². The normalized spacial score (nSPS) is 12.4. The molecule has 0 aliphatic rings. The molecule has 4 rings (SSSR count). The summed E-state index contributed by atoms with van der Waals surface area (Å²) in [6.07, 6.45) is 2.58. The van der Waals surface area contributed by atoms with Crippen LogP contribution in [0, 0.1) is 23.0 Å². The number of nitriles is 1. The zero-order valence-corrected chi connectivity index (χ0v) is 18.8. The Kier molecular flexibility index (Phi) is 6.01. The molecule has 1 aromatic heterocycles. The summed E-state index contributed by atoms with van der Waals surface area (Å²) in [5, 5.41) is 9.23. The van der Waals surface area contributed by atoms with E-state index >= 15 is 4.39 Å². The molecule has 0 radical (unpaired) electrons. The van der Waals surface area contributed by atoms with Gasteiger partial charge in [-0.1, -0.05) is 30.3 Å². The van der Waals surface area contributed by atoms with E-state index in [4.69, 9.17) is 10.00 Å². The molecule has 4 aromatic rings. The highest BCUT2D eigenvalue weighted by Crippen LogP contribution is 2.38. The van der Waals surface area contributed by atoms with E-state index in [0.29, 0.717) is 5.56 Å². The predicted octanol–water partition coefficient (Wildman–Crippen LogP) is 4.70. The lowest BCUT2D eigenvalue weighted by Gasteiger charge is -2.14. The van der Waals surface area contributed by atoms with Crippen LogP contribution < -0.4 is 4.74 Å². The van der Waals surface area contributed by atoms with Crippen molar-refractivity contribution in [1.29, 1.82) is 5.26 Å². The predicted molar refractivity (Wildman–Crippen MR) is 120 cm³/mol. The first-order chi connectivity index (χ1) is 15.7. The van der Waals surface area contributed by atoms with E-state index in [9.17, 15) is 17.0 Å². The van der Waals surface area contributed by atoms with E-state index in [1.807, 2.05) is 0 Å². The summed E-state index contributed by atoms with van der Waals surface area (Å²) in [5.41, 5.74) is 0.271. The molecule has 0 fully saturated rings. The molecule has 168 valence electrons. The van der Waals surface area contributed by atoms with Gasteiger partial charge in [-0.3, -0.25) is 4.21 Å². The van der Waals surface area contributed by atoms with E-state index in [1.165, 1.54) is 24.6 Å². The van der Waals surface area contributed by atoms with Crippen molar-refractivity contribution < 1.29 is 26.1 Å². The van der Waals surface area contributed by atoms with Crippen LogP contribution >= 0.6 is 0 Å². The van der Waals surface area contributed by atoms with Crippen LogP contribution in [0.1, 0.15) is 11.1 Å². The topological polar surface area (TPSA) is 89.2 Å². The number of rotatable bonds is 6. The molecule has 0 aliphatic carbocycles. The van der Waals surface area contributed by atoms with Crippen molar-refractivity contribution in [1.82, 2.24) is 3.97 Å². The monoisotopic (exact) mass is 486 g/mol. The number of hydrogen-bond acceptors (Lipinski definition) is 5. The molecule has 0 amide bonds. The highest BCUT2D eigenvalue weighted by molar-refractivity contribution is 7.89. The van der Waals surface area contributed by atoms with Gasteiger partial charge < -0.3 is 4.74 Å². The van der Waals surface area contributed by atoms with E-state index in [2.05, 4.69) is 0 Å². The lowest BCUT2D eigenvalue weighted by Crippen LogP contribution is -2.14. The van der Waals surface area contributed by atoms with Gasteiger partial charge in [0.15, 0.2) is 11.6 Å². The van der Waals surface area contributed by atoms with Crippen LogP contribution in [0.3, 0.4) is 0 Å². The Bertz CT molecular complexity index is 1540. The smallest absolute Gasteiger partial charge is 0.243 e. The fourth-order valence-corrected chi connectivity index (χ4v) is 5.76. The minimum Gasteiger partial charge on any atom is -0.453 e. The van der Waals surface area contributed by atoms with Gasteiger partial charge >= 0.3 is 0 Å². The van der Waals surface area contributed by atoms with Crippen molar-refractivity contribution in [2.24, 2.45) is 0 Å². The summed E-state index contributed by atoms with van der Waals surface area (Å²) >= 11 is 0. The average molecular weight is 487 g/mol. The number of fused-ring (bicyclic) bond motifs is 1. The number of hydrogen-bond donors (Lipinski definition) is 0. The molecular weight excluding hydrogens is 470 g/mol. The highest BCUT2D eigenvalue weighted by atomic mass is 32.2. The first kappa shape index (κ1) is 22.6. The minimum atomic E-state index is -3.91. The van der Waals surface area contributed by atoms with Crippen LogP contribution in [0.15, 0.2) is 71.8 Å². The summed E-state index contributed by atoms with van der Waals surface area (Å²) in [6, 6.07) is 15.9. The lowest BCUT2D eigenvalue weighted by atomic mass is 10.2. The fraction of sp³-hybridized carbons (Fsp3) is 0.0870. The molecule has 0 saturated heterocycles. The maximum atomic E-state index is 15.2. The first-order valence-electron chi connectivity index (χ1n) is 9.53. The second-order valence-electron chi connectivity index (χ2n) is 7.11. The van der Waals surface area contributed by atoms with Gasteiger partial charge in [-0.05, 0) is 23.8 Å². The maximum Gasteiger partial charge on any atom is 0.243 e. The molecule has 0 bridgehead atoms. The van der Waals surface area contributed by atoms with Crippen LogP contribution in [0.4, 0.5) is 8.78 Å². The van der Waals surface area contributed by atoms with Gasteiger partial charge in [0.25, 0.3) is 0 Å². The van der Waals surface area contributed by atoms with Crippen LogP contribution in [-0.2, 0) is 26.6 Å². The molecule has 3 aromatic carbocycles. The van der Waals surface area contributed by atoms with Crippen LogP contribution in [0.25, 0.3) is 10.9 Å². The molecule has 1 heterocycles. The molecule has 0 N–H and O–H groups in total. The van der Waals surface area contributed by atoms with Gasteiger partial charge in [-0.25, -0.2) is 21.2 Å². The Morgan fingerprint density at radius 1 is 1.06 bits per heavy atom. The Morgan fingerprint density at radius 2 is 1.79 bits per heavy atom. The van der Waals surface area contributed by atoms with Crippen molar-refractivity contribution in [3.63, 3.8) is 0 Å². The Morgan fingerprint density at radius 3 is 2.45 bits per heavy atom. The third kappa shape index (κ3) is 4.37. The molecule has 0 aliphatic heterocycles. The summed E-state index contributed by atoms with van der Waals surface area (Å²) in [6.45, 7) is 0. The van der Waals surface area contributed by atoms with E-state index in [1.54, 1.807) is 36.4 Å². The number of ether oxygens (including phenoxy) is 1. The van der Waals surface area contributed by atoms with Crippen molar-refractivity contribution >= 4 is 31.7 Å². The molecule has 33 heavy (non-hydrogen) atoms. The Hall–Kier alpha value is -3.55. The van der Waals surface area contributed by atoms with Crippen LogP contribution in [0.5, 0.6) is 11.5 Å². The second-order valence-corrected chi connectivity index (χ2v) is 10.3. The molecule has 1 unspecified atom stereocenters. The van der Waals surface area contributed by atoms with Crippen molar-refractivity contribution in [2.75, 3.05) is 6.26 Å². The van der Waals surface area contributed by atoms with Crippen LogP contribution in [0.2, 0.25) is 0 Å². The molecule has 6 nitrogen and oxygen atoms in total. The average Bonchev–Trinajstić information content (AvgIpc) is 3.19. The third-order valence-corrected chi connectivity index (χ3v) is 7.47. The number of halogens is 2. The quantitative estimate of drug-likeness (QED) is 0.394. The number of benzene rings is 3. The highest BCUT2D eigenvalue weighted by Gasteiger charge is 2.25. The zero-order valence-electron chi connectivity index (χ0n) is 17.2. The third-order valence-electron chi connectivity index (χ3n) is 4.88. The molecule has 1 atom stereocenters. The van der Waals surface area contributed by atoms with Crippen LogP contribution in [-0.4, -0.2) is 22.9 Å². The zero-order chi connectivity index (χ0) is 23.8. The van der Waals surface area contributed by atoms with Crippen molar-refractivity contribution in [3.05, 3.63) is 89.6 Å². The van der Waals surface area contributed by atoms with E-state index < -0.39 is 38.2 Å². The summed E-state index contributed by atoms with van der Waals surface area (Å²) < 4.78 is 73.8. The maximum absolute atomic E-state index is 15.2. The van der Waals surface area contributed by atoms with E-state index in [0.717, 1.165) is 22.2 Å². The number of aromatic nitrogens is 1. The van der Waals surface area contributed by atoms with Gasteiger partial charge in [0.05, 0.1) is 32.5 Å². The molecule has 0 saturated carbocycles. The molecule has 0 spiro atoms. The Balaban J connectivity index is 1.84. The molecular formula is C23H16F2N2O4S2. The Labute approximate surface area is 191 Å². The van der Waals surface area contributed by atoms with E-state index in [-0.39, 0.29) is 32.9 Å². The standard InChI is InChI=1S/C23H16F2N2O4S2/c1-32(28)23-18-9-10-27(33(29,30)14-15-5-3-2-4-6-15)21(18)12-20(25)22(23)31-17-7-8-19(24)16(11-17)13-26/h2-12H,14H2,1H3. The lowest BCUT2D eigenvalue weighted by molar-refractivity contribution is 0.430. The van der Waals surface area contributed by atoms with Gasteiger partial charge in [-0.15, -0.1) is 0 Å². The fourth-order valence-electron chi connectivity index (χ4n) is 3.43. The SMILES string of the molecule is CS(=O)c1c(Oc2ccc(F)c(C#N)c2)c(F)cc2c1ccn2S(=O)(=O)Cc1ccccc1. The summed E-state index contributed by atoms with van der Waals surface area (Å²) in [7, 11) is -5.68. The summed E-state index contributed by atoms with van der Waals surface area (Å²) in [5.74, 6) is -2.45. The summed E-state index contributed by atoms with van der Waals surface area (Å²) in [4.78, 5) is -0.0542. The minimum absolute atomic E-state index is 0.0119.